The van der Waals surface area contributed by atoms with Crippen LogP contribution in [0.3, 0.4) is 0 Å². The Bertz CT molecular complexity index is 1410. The first-order chi connectivity index (χ1) is 16.8. The van der Waals surface area contributed by atoms with Gasteiger partial charge < -0.3 is 14.7 Å². The summed E-state index contributed by atoms with van der Waals surface area (Å²) in [5.41, 5.74) is 1.35. The fourth-order valence-corrected chi connectivity index (χ4v) is 5.41. The number of carbonyl (C=O) groups excluding carboxylic acids is 1. The summed E-state index contributed by atoms with van der Waals surface area (Å²) in [6.45, 7) is 1.04. The SMILES string of the molecule is CC#COc1ccc(S(=O)(=O)N2Cc3ccccc3N(C(=O)c3ccccc3)CC2C(=O)O)cc1. The maximum Gasteiger partial charge on any atom is 0.323 e. The number of anilines is 1. The van der Waals surface area contributed by atoms with Crippen molar-refractivity contribution in [3.63, 3.8) is 0 Å². The third kappa shape index (κ3) is 4.89. The van der Waals surface area contributed by atoms with Crippen LogP contribution in [0.15, 0.2) is 83.8 Å². The third-order valence-corrected chi connectivity index (χ3v) is 7.43. The quantitative estimate of drug-likeness (QED) is 0.550. The average Bonchev–Trinajstić information content (AvgIpc) is 3.06. The second kappa shape index (κ2) is 10.0. The molecule has 3 aromatic carbocycles. The highest BCUT2D eigenvalue weighted by atomic mass is 32.2. The first kappa shape index (κ1) is 24.0. The molecule has 1 aliphatic heterocycles. The van der Waals surface area contributed by atoms with Crippen molar-refractivity contribution >= 4 is 27.6 Å². The van der Waals surface area contributed by atoms with E-state index in [9.17, 15) is 23.1 Å². The molecule has 4 rings (SSSR count). The standard InChI is InChI=1S/C26H22N2O6S/c1-2-16-34-21-12-14-22(15-13-21)35(32,33)28-17-20-10-6-7-11-23(20)27(18-24(28)26(30)31)25(29)19-8-4-3-5-9-19/h3-15,24H,17-18H2,1H3,(H,30,31). The van der Waals surface area contributed by atoms with Crippen LogP contribution in [0.4, 0.5) is 5.69 Å². The molecule has 35 heavy (non-hydrogen) atoms. The summed E-state index contributed by atoms with van der Waals surface area (Å²) in [7, 11) is -4.25. The van der Waals surface area contributed by atoms with Gasteiger partial charge in [-0.3, -0.25) is 9.59 Å². The van der Waals surface area contributed by atoms with Crippen LogP contribution < -0.4 is 9.64 Å². The van der Waals surface area contributed by atoms with Gasteiger partial charge >= 0.3 is 5.97 Å². The molecule has 0 saturated carbocycles. The van der Waals surface area contributed by atoms with Gasteiger partial charge in [-0.25, -0.2) is 8.42 Å². The topological polar surface area (TPSA) is 104 Å². The van der Waals surface area contributed by atoms with E-state index in [-0.39, 0.29) is 18.0 Å². The number of sulfonamides is 1. The van der Waals surface area contributed by atoms with E-state index in [0.29, 0.717) is 22.6 Å². The zero-order chi connectivity index (χ0) is 25.0. The summed E-state index contributed by atoms with van der Waals surface area (Å²) in [5, 5.41) is 10.1. The van der Waals surface area contributed by atoms with E-state index in [1.807, 2.05) is 0 Å². The number of fused-ring (bicyclic) bond motifs is 1. The fraction of sp³-hybridized carbons (Fsp3) is 0.154. The lowest BCUT2D eigenvalue weighted by Crippen LogP contribution is -2.50. The second-order valence-electron chi connectivity index (χ2n) is 7.74. The molecular weight excluding hydrogens is 468 g/mol. The van der Waals surface area contributed by atoms with Crippen molar-refractivity contribution < 1.29 is 27.9 Å². The Morgan fingerprint density at radius 3 is 2.29 bits per heavy atom. The third-order valence-electron chi connectivity index (χ3n) is 5.56. The number of hydrogen-bond acceptors (Lipinski definition) is 5. The molecule has 0 radical (unpaired) electrons. The van der Waals surface area contributed by atoms with Crippen molar-refractivity contribution in [2.24, 2.45) is 0 Å². The van der Waals surface area contributed by atoms with E-state index in [4.69, 9.17) is 4.74 Å². The number of hydrogen-bond donors (Lipinski definition) is 1. The van der Waals surface area contributed by atoms with Crippen molar-refractivity contribution in [3.05, 3.63) is 90.0 Å². The number of para-hydroxylation sites is 1. The van der Waals surface area contributed by atoms with Gasteiger partial charge in [-0.05, 0) is 48.0 Å². The lowest BCUT2D eigenvalue weighted by Gasteiger charge is -2.28. The molecule has 0 aliphatic carbocycles. The molecule has 1 amide bonds. The minimum atomic E-state index is -4.25. The molecule has 1 N–H and O–H groups in total. The summed E-state index contributed by atoms with van der Waals surface area (Å²) < 4.78 is 33.3. The van der Waals surface area contributed by atoms with E-state index >= 15 is 0 Å². The summed E-state index contributed by atoms with van der Waals surface area (Å²) in [6, 6.07) is 19.3. The molecule has 0 aromatic heterocycles. The van der Waals surface area contributed by atoms with Crippen LogP contribution in [0, 0.1) is 12.0 Å². The number of aliphatic carboxylic acids is 1. The van der Waals surface area contributed by atoms with Gasteiger partial charge in [0.25, 0.3) is 5.91 Å². The van der Waals surface area contributed by atoms with Gasteiger partial charge in [-0.15, -0.1) is 0 Å². The monoisotopic (exact) mass is 490 g/mol. The first-order valence-electron chi connectivity index (χ1n) is 10.7. The molecular formula is C26H22N2O6S. The summed E-state index contributed by atoms with van der Waals surface area (Å²) in [5.74, 6) is 1.16. The number of carboxylic acids is 1. The van der Waals surface area contributed by atoms with Gasteiger partial charge in [0.15, 0.2) is 0 Å². The Balaban J connectivity index is 1.77. The Morgan fingerprint density at radius 1 is 0.971 bits per heavy atom. The van der Waals surface area contributed by atoms with E-state index < -0.39 is 27.9 Å². The molecule has 3 aromatic rings. The van der Waals surface area contributed by atoms with Crippen LogP contribution in [-0.2, 0) is 21.4 Å². The number of amides is 1. The lowest BCUT2D eigenvalue weighted by atomic mass is 10.1. The van der Waals surface area contributed by atoms with Gasteiger partial charge in [0.2, 0.25) is 10.0 Å². The smallest absolute Gasteiger partial charge is 0.323 e. The maximum absolute atomic E-state index is 13.6. The Morgan fingerprint density at radius 2 is 1.63 bits per heavy atom. The first-order valence-corrected chi connectivity index (χ1v) is 12.1. The van der Waals surface area contributed by atoms with Crippen molar-refractivity contribution in [2.75, 3.05) is 11.4 Å². The minimum Gasteiger partial charge on any atom is -0.480 e. The number of benzene rings is 3. The van der Waals surface area contributed by atoms with Crippen LogP contribution >= 0.6 is 0 Å². The molecule has 1 atom stereocenters. The molecule has 0 spiro atoms. The lowest BCUT2D eigenvalue weighted by molar-refractivity contribution is -0.141. The molecule has 0 bridgehead atoms. The molecule has 178 valence electrons. The molecule has 1 heterocycles. The van der Waals surface area contributed by atoms with Crippen molar-refractivity contribution in [3.8, 4) is 17.8 Å². The molecule has 0 fully saturated rings. The van der Waals surface area contributed by atoms with Gasteiger partial charge in [-0.1, -0.05) is 42.3 Å². The Hall–Kier alpha value is -4.13. The predicted octanol–water partition coefficient (Wildman–Crippen LogP) is 3.35. The van der Waals surface area contributed by atoms with Gasteiger partial charge in [-0.2, -0.15) is 4.31 Å². The summed E-state index contributed by atoms with van der Waals surface area (Å²) in [4.78, 5) is 27.0. The van der Waals surface area contributed by atoms with Gasteiger partial charge in [0.05, 0.1) is 11.4 Å². The van der Waals surface area contributed by atoms with Crippen molar-refractivity contribution in [2.45, 2.75) is 24.4 Å². The largest absolute Gasteiger partial charge is 0.480 e. The van der Waals surface area contributed by atoms with Crippen LogP contribution in [0.5, 0.6) is 5.75 Å². The van der Waals surface area contributed by atoms with Gasteiger partial charge in [0, 0.05) is 24.7 Å². The molecule has 1 aliphatic rings. The molecule has 8 nitrogen and oxygen atoms in total. The number of nitrogens with zero attached hydrogens (tertiary/aromatic N) is 2. The minimum absolute atomic E-state index is 0.0964. The highest BCUT2D eigenvalue weighted by Crippen LogP contribution is 2.32. The van der Waals surface area contributed by atoms with Crippen LogP contribution in [0.1, 0.15) is 22.8 Å². The van der Waals surface area contributed by atoms with E-state index in [1.165, 1.54) is 29.2 Å². The van der Waals surface area contributed by atoms with Crippen LogP contribution in [0.2, 0.25) is 0 Å². The van der Waals surface area contributed by atoms with E-state index in [0.717, 1.165) is 4.31 Å². The highest BCUT2D eigenvalue weighted by molar-refractivity contribution is 7.89. The Labute approximate surface area is 203 Å². The number of carbonyl (C=O) groups is 2. The maximum atomic E-state index is 13.6. The zero-order valence-corrected chi connectivity index (χ0v) is 19.6. The van der Waals surface area contributed by atoms with E-state index in [2.05, 4.69) is 12.0 Å². The average molecular weight is 491 g/mol. The van der Waals surface area contributed by atoms with Gasteiger partial charge in [0.1, 0.15) is 17.9 Å². The number of carboxylic acid groups (broad SMARTS) is 1. The summed E-state index contributed by atoms with van der Waals surface area (Å²) >= 11 is 0. The molecule has 0 saturated heterocycles. The number of rotatable bonds is 5. The summed E-state index contributed by atoms with van der Waals surface area (Å²) in [6.07, 6.45) is 2.43. The van der Waals surface area contributed by atoms with Crippen LogP contribution in [0.25, 0.3) is 0 Å². The predicted molar refractivity (Wildman–Crippen MR) is 129 cm³/mol. The normalized spacial score (nSPS) is 15.8. The second-order valence-corrected chi connectivity index (χ2v) is 9.63. The fourth-order valence-electron chi connectivity index (χ4n) is 3.86. The van der Waals surface area contributed by atoms with Crippen molar-refractivity contribution in [1.82, 2.24) is 4.31 Å². The number of ether oxygens (including phenoxy) is 1. The molecule has 9 heteroatoms. The highest BCUT2D eigenvalue weighted by Gasteiger charge is 2.41. The zero-order valence-electron chi connectivity index (χ0n) is 18.8. The molecule has 1 unspecified atom stereocenters. The Kier molecular flexibility index (Phi) is 6.87. The van der Waals surface area contributed by atoms with Crippen molar-refractivity contribution in [1.29, 1.82) is 0 Å². The van der Waals surface area contributed by atoms with Crippen LogP contribution in [-0.4, -0.2) is 42.3 Å². The van der Waals surface area contributed by atoms with E-state index in [1.54, 1.807) is 61.5 Å².